The Balaban J connectivity index is 2.56. The van der Waals surface area contributed by atoms with Crippen LogP contribution in [0.25, 0.3) is 0 Å². The van der Waals surface area contributed by atoms with Gasteiger partial charge in [-0.3, -0.25) is 4.98 Å². The lowest BCUT2D eigenvalue weighted by Gasteiger charge is -2.16. The molecule has 0 aromatic carbocycles. The van der Waals surface area contributed by atoms with Gasteiger partial charge in [-0.05, 0) is 35.0 Å². The average Bonchev–Trinajstić information content (AvgIpc) is 2.20. The van der Waals surface area contributed by atoms with Crippen LogP contribution in [-0.4, -0.2) is 29.4 Å². The summed E-state index contributed by atoms with van der Waals surface area (Å²) in [6, 6.07) is 3.79. The normalized spacial score (nSPS) is 15.1. The lowest BCUT2D eigenvalue weighted by Crippen LogP contribution is -2.27. The van der Waals surface area contributed by atoms with Crippen molar-refractivity contribution in [2.75, 3.05) is 7.11 Å². The molecule has 1 aromatic heterocycles. The van der Waals surface area contributed by atoms with E-state index in [2.05, 4.69) is 20.9 Å². The maximum Gasteiger partial charge on any atom is 0.0854 e. The summed E-state index contributed by atoms with van der Waals surface area (Å²) in [5, 5.41) is 9.66. The number of ether oxygens (including phenoxy) is 1. The van der Waals surface area contributed by atoms with Gasteiger partial charge in [0.15, 0.2) is 0 Å². The molecule has 0 bridgehead atoms. The van der Waals surface area contributed by atoms with Gasteiger partial charge in [0.05, 0.1) is 12.2 Å². The van der Waals surface area contributed by atoms with Crippen LogP contribution in [0.15, 0.2) is 22.8 Å². The van der Waals surface area contributed by atoms with Gasteiger partial charge in [0.2, 0.25) is 0 Å². The lowest BCUT2D eigenvalue weighted by molar-refractivity contribution is -0.0000441. The van der Waals surface area contributed by atoms with Crippen LogP contribution >= 0.6 is 15.9 Å². The van der Waals surface area contributed by atoms with Crippen molar-refractivity contribution in [2.24, 2.45) is 0 Å². The van der Waals surface area contributed by atoms with Crippen LogP contribution in [0.1, 0.15) is 12.6 Å². The third-order valence-corrected chi connectivity index (χ3v) is 2.59. The average molecular weight is 260 g/mol. The number of aromatic nitrogens is 1. The number of aliphatic hydroxyl groups is 1. The van der Waals surface area contributed by atoms with Crippen molar-refractivity contribution in [3.8, 4) is 0 Å². The highest BCUT2D eigenvalue weighted by molar-refractivity contribution is 9.10. The van der Waals surface area contributed by atoms with E-state index >= 15 is 0 Å². The number of methoxy groups -OCH3 is 1. The summed E-state index contributed by atoms with van der Waals surface area (Å²) in [6.45, 7) is 1.84. The fourth-order valence-corrected chi connectivity index (χ4v) is 1.30. The molecule has 0 saturated heterocycles. The fraction of sp³-hybridized carbons (Fsp3) is 0.500. The minimum Gasteiger partial charge on any atom is -0.390 e. The van der Waals surface area contributed by atoms with Gasteiger partial charge in [0.1, 0.15) is 0 Å². The Labute approximate surface area is 92.3 Å². The first kappa shape index (κ1) is 11.6. The van der Waals surface area contributed by atoms with Crippen molar-refractivity contribution in [3.05, 3.63) is 28.5 Å². The molecule has 78 valence electrons. The Morgan fingerprint density at radius 3 is 2.79 bits per heavy atom. The molecule has 2 unspecified atom stereocenters. The Kier molecular flexibility index (Phi) is 4.51. The summed E-state index contributed by atoms with van der Waals surface area (Å²) >= 11 is 3.30. The van der Waals surface area contributed by atoms with E-state index in [4.69, 9.17) is 4.74 Å². The maximum atomic E-state index is 9.66. The van der Waals surface area contributed by atoms with Crippen molar-refractivity contribution < 1.29 is 9.84 Å². The summed E-state index contributed by atoms with van der Waals surface area (Å²) in [5.41, 5.74) is 0.865. The van der Waals surface area contributed by atoms with Gasteiger partial charge in [0, 0.05) is 29.9 Å². The van der Waals surface area contributed by atoms with Crippen LogP contribution in [0, 0.1) is 0 Å². The molecule has 0 aliphatic rings. The lowest BCUT2D eigenvalue weighted by atomic mass is 10.1. The number of pyridine rings is 1. The molecule has 4 heteroatoms. The van der Waals surface area contributed by atoms with Gasteiger partial charge in [0.25, 0.3) is 0 Å². The molecule has 0 saturated carbocycles. The second-order valence-electron chi connectivity index (χ2n) is 3.18. The largest absolute Gasteiger partial charge is 0.390 e. The second-order valence-corrected chi connectivity index (χ2v) is 4.10. The maximum absolute atomic E-state index is 9.66. The molecular weight excluding hydrogens is 246 g/mol. The highest BCUT2D eigenvalue weighted by Gasteiger charge is 2.14. The molecule has 0 fully saturated rings. The van der Waals surface area contributed by atoms with Crippen molar-refractivity contribution in [1.82, 2.24) is 4.98 Å². The number of hydrogen-bond acceptors (Lipinski definition) is 3. The van der Waals surface area contributed by atoms with E-state index in [-0.39, 0.29) is 6.10 Å². The van der Waals surface area contributed by atoms with Gasteiger partial charge < -0.3 is 9.84 Å². The van der Waals surface area contributed by atoms with Crippen LogP contribution in [-0.2, 0) is 11.2 Å². The van der Waals surface area contributed by atoms with E-state index in [1.54, 1.807) is 13.3 Å². The Morgan fingerprint density at radius 2 is 2.29 bits per heavy atom. The van der Waals surface area contributed by atoms with Gasteiger partial charge >= 0.3 is 0 Å². The summed E-state index contributed by atoms with van der Waals surface area (Å²) < 4.78 is 5.96. The van der Waals surface area contributed by atoms with Crippen LogP contribution in [0.3, 0.4) is 0 Å². The summed E-state index contributed by atoms with van der Waals surface area (Å²) in [7, 11) is 1.59. The van der Waals surface area contributed by atoms with Crippen LogP contribution in [0.4, 0.5) is 0 Å². The molecule has 0 spiro atoms. The van der Waals surface area contributed by atoms with E-state index in [9.17, 15) is 5.11 Å². The molecule has 14 heavy (non-hydrogen) atoms. The topological polar surface area (TPSA) is 42.4 Å². The van der Waals surface area contributed by atoms with Crippen LogP contribution in [0.5, 0.6) is 0 Å². The van der Waals surface area contributed by atoms with Gasteiger partial charge in [-0.15, -0.1) is 0 Å². The standard InChI is InChI=1S/C10H14BrNO2/c1-7(14-2)10(13)5-9-4-3-8(11)6-12-9/h3-4,6-7,10,13H,5H2,1-2H3. The molecule has 1 heterocycles. The molecule has 0 aliphatic carbocycles. The zero-order valence-corrected chi connectivity index (χ0v) is 9.86. The molecule has 1 rings (SSSR count). The zero-order valence-electron chi connectivity index (χ0n) is 8.27. The highest BCUT2D eigenvalue weighted by atomic mass is 79.9. The van der Waals surface area contributed by atoms with Crippen LogP contribution in [0.2, 0.25) is 0 Å². The van der Waals surface area contributed by atoms with E-state index in [1.807, 2.05) is 19.1 Å². The Morgan fingerprint density at radius 1 is 1.57 bits per heavy atom. The number of halogens is 1. The third kappa shape index (κ3) is 3.36. The van der Waals surface area contributed by atoms with Gasteiger partial charge in [-0.1, -0.05) is 0 Å². The predicted octanol–water partition coefficient (Wildman–Crippen LogP) is 1.78. The van der Waals surface area contributed by atoms with Gasteiger partial charge in [-0.25, -0.2) is 0 Å². The van der Waals surface area contributed by atoms with E-state index in [0.29, 0.717) is 6.42 Å². The van der Waals surface area contributed by atoms with Crippen LogP contribution < -0.4 is 0 Å². The van der Waals surface area contributed by atoms with Crippen molar-refractivity contribution in [1.29, 1.82) is 0 Å². The number of hydrogen-bond donors (Lipinski definition) is 1. The van der Waals surface area contributed by atoms with E-state index in [1.165, 1.54) is 0 Å². The SMILES string of the molecule is COC(C)C(O)Cc1ccc(Br)cn1. The predicted molar refractivity (Wildman–Crippen MR) is 58.1 cm³/mol. The molecule has 2 atom stereocenters. The molecule has 0 aliphatic heterocycles. The minimum atomic E-state index is -0.506. The smallest absolute Gasteiger partial charge is 0.0854 e. The molecule has 3 nitrogen and oxygen atoms in total. The molecule has 1 aromatic rings. The van der Waals surface area contributed by atoms with E-state index in [0.717, 1.165) is 10.2 Å². The van der Waals surface area contributed by atoms with Crippen molar-refractivity contribution in [3.63, 3.8) is 0 Å². The Bertz CT molecular complexity index is 276. The fourth-order valence-electron chi connectivity index (χ4n) is 1.06. The van der Waals surface area contributed by atoms with Crippen molar-refractivity contribution >= 4 is 15.9 Å². The molecular formula is C10H14BrNO2. The number of aliphatic hydroxyl groups excluding tert-OH is 1. The summed E-state index contributed by atoms with van der Waals surface area (Å²) in [6.07, 6.45) is 1.57. The van der Waals surface area contributed by atoms with E-state index < -0.39 is 6.10 Å². The summed E-state index contributed by atoms with van der Waals surface area (Å²) in [4.78, 5) is 4.17. The number of nitrogens with zero attached hydrogens (tertiary/aromatic N) is 1. The van der Waals surface area contributed by atoms with Crippen molar-refractivity contribution in [2.45, 2.75) is 25.6 Å². The quantitative estimate of drug-likeness (QED) is 0.897. The first-order valence-electron chi connectivity index (χ1n) is 4.44. The Hall–Kier alpha value is -0.450. The second kappa shape index (κ2) is 5.44. The third-order valence-electron chi connectivity index (χ3n) is 2.12. The molecule has 1 N–H and O–H groups in total. The van der Waals surface area contributed by atoms with Gasteiger partial charge in [-0.2, -0.15) is 0 Å². The zero-order chi connectivity index (χ0) is 10.6. The first-order chi connectivity index (χ1) is 6.63. The number of rotatable bonds is 4. The summed E-state index contributed by atoms with van der Waals surface area (Å²) in [5.74, 6) is 0. The molecule has 0 amide bonds. The first-order valence-corrected chi connectivity index (χ1v) is 5.24. The highest BCUT2D eigenvalue weighted by Crippen LogP contribution is 2.10. The molecule has 0 radical (unpaired) electrons. The monoisotopic (exact) mass is 259 g/mol. The minimum absolute atomic E-state index is 0.166.